The predicted molar refractivity (Wildman–Crippen MR) is 119 cm³/mol. The summed E-state index contributed by atoms with van der Waals surface area (Å²) in [7, 11) is 0. The van der Waals surface area contributed by atoms with E-state index in [1.54, 1.807) is 0 Å². The van der Waals surface area contributed by atoms with Crippen molar-refractivity contribution in [2.45, 2.75) is 63.9 Å². The summed E-state index contributed by atoms with van der Waals surface area (Å²) < 4.78 is 49.0. The summed E-state index contributed by atoms with van der Waals surface area (Å²) in [6.45, 7) is 8.27. The van der Waals surface area contributed by atoms with Crippen molar-refractivity contribution >= 4 is 5.97 Å². The van der Waals surface area contributed by atoms with E-state index >= 15 is 0 Å². The van der Waals surface area contributed by atoms with E-state index in [9.17, 15) is 23.1 Å². The average molecular weight is 507 g/mol. The van der Waals surface area contributed by atoms with Gasteiger partial charge in [-0.1, -0.05) is 5.10 Å². The fourth-order valence-electron chi connectivity index (χ4n) is 4.42. The van der Waals surface area contributed by atoms with Gasteiger partial charge in [0.15, 0.2) is 11.5 Å². The highest BCUT2D eigenvalue weighted by atomic mass is 19.4. The van der Waals surface area contributed by atoms with E-state index in [-0.39, 0.29) is 45.7 Å². The zero-order chi connectivity index (χ0) is 26.3. The molecular weight excluding hydrogens is 483 g/mol. The van der Waals surface area contributed by atoms with E-state index in [1.165, 1.54) is 18.6 Å². The van der Waals surface area contributed by atoms with Gasteiger partial charge in [-0.25, -0.2) is 14.8 Å². The molecule has 0 saturated carbocycles. The molecule has 0 spiro atoms. The van der Waals surface area contributed by atoms with Crippen molar-refractivity contribution in [3.05, 3.63) is 24.8 Å². The van der Waals surface area contributed by atoms with Gasteiger partial charge in [0.1, 0.15) is 17.5 Å². The first-order valence-corrected chi connectivity index (χ1v) is 10.9. The monoisotopic (exact) mass is 507 g/mol. The zero-order valence-corrected chi connectivity index (χ0v) is 19.8. The third-order valence-electron chi connectivity index (χ3n) is 5.45. The molecule has 0 aromatic carbocycles. The lowest BCUT2D eigenvalue weighted by Gasteiger charge is -2.45. The molecule has 1 aliphatic heterocycles. The Labute approximate surface area is 203 Å². The summed E-state index contributed by atoms with van der Waals surface area (Å²) in [6.07, 6.45) is 0.842. The number of hydrogen-bond acceptors (Lipinski definition) is 10. The quantitative estimate of drug-likeness (QED) is 0.440. The van der Waals surface area contributed by atoms with Crippen LogP contribution >= 0.6 is 0 Å². The topological polar surface area (TPSA) is 148 Å². The SMILES string of the molecule is CC1(C)CC(Oc2ncc(-c3ncc(-c4cn[nH]c4)c(OC(=O)C(F)(F)F)c3O)nn2)CC(C)(C)N1. The van der Waals surface area contributed by atoms with Crippen molar-refractivity contribution in [3.63, 3.8) is 0 Å². The van der Waals surface area contributed by atoms with Crippen LogP contribution in [-0.2, 0) is 4.79 Å². The molecule has 3 aromatic heterocycles. The molecule has 0 atom stereocenters. The highest BCUT2D eigenvalue weighted by Gasteiger charge is 2.43. The van der Waals surface area contributed by atoms with Gasteiger partial charge in [0.05, 0.1) is 12.4 Å². The Hall–Kier alpha value is -3.81. The number of alkyl halides is 3. The largest absolute Gasteiger partial charge is 0.503 e. The summed E-state index contributed by atoms with van der Waals surface area (Å²) >= 11 is 0. The molecule has 11 nitrogen and oxygen atoms in total. The van der Waals surface area contributed by atoms with Gasteiger partial charge in [-0.15, -0.1) is 5.10 Å². The van der Waals surface area contributed by atoms with Crippen molar-refractivity contribution in [2.24, 2.45) is 0 Å². The number of nitrogens with one attached hydrogen (secondary N) is 2. The summed E-state index contributed by atoms with van der Waals surface area (Å²) in [4.78, 5) is 19.7. The molecule has 36 heavy (non-hydrogen) atoms. The number of carbonyl (C=O) groups excluding carboxylic acids is 1. The summed E-state index contributed by atoms with van der Waals surface area (Å²) in [5.41, 5.74) is -0.570. The van der Waals surface area contributed by atoms with Crippen LogP contribution in [0.25, 0.3) is 22.5 Å². The lowest BCUT2D eigenvalue weighted by molar-refractivity contribution is -0.189. The van der Waals surface area contributed by atoms with Crippen molar-refractivity contribution in [1.29, 1.82) is 0 Å². The van der Waals surface area contributed by atoms with E-state index in [1.807, 2.05) is 0 Å². The molecule has 0 amide bonds. The predicted octanol–water partition coefficient (Wildman–Crippen LogP) is 3.19. The number of hydrogen-bond donors (Lipinski definition) is 3. The van der Waals surface area contributed by atoms with Gasteiger partial charge in [-0.3, -0.25) is 5.10 Å². The number of carbonyl (C=O) groups is 1. The Kier molecular flexibility index (Phi) is 6.32. The minimum absolute atomic E-state index is 0.00419. The lowest BCUT2D eigenvalue weighted by atomic mass is 9.81. The van der Waals surface area contributed by atoms with Crippen LogP contribution in [0.4, 0.5) is 13.2 Å². The number of rotatable bonds is 5. The van der Waals surface area contributed by atoms with Crippen LogP contribution in [0.5, 0.6) is 17.5 Å². The summed E-state index contributed by atoms with van der Waals surface area (Å²) in [5.74, 6) is -4.12. The normalized spacial score (nSPS) is 17.5. The lowest BCUT2D eigenvalue weighted by Crippen LogP contribution is -2.60. The Morgan fingerprint density at radius 3 is 2.33 bits per heavy atom. The highest BCUT2D eigenvalue weighted by molar-refractivity contribution is 5.85. The molecule has 0 radical (unpaired) electrons. The summed E-state index contributed by atoms with van der Waals surface area (Å²) in [6, 6.07) is -0.00419. The first kappa shape index (κ1) is 25.3. The maximum absolute atomic E-state index is 12.9. The van der Waals surface area contributed by atoms with Gasteiger partial charge < -0.3 is 19.9 Å². The first-order chi connectivity index (χ1) is 16.7. The number of esters is 1. The van der Waals surface area contributed by atoms with E-state index < -0.39 is 23.6 Å². The average Bonchev–Trinajstić information content (AvgIpc) is 3.27. The molecular formula is C22H24F3N7O4. The van der Waals surface area contributed by atoms with Crippen molar-refractivity contribution < 1.29 is 32.5 Å². The maximum atomic E-state index is 12.9. The van der Waals surface area contributed by atoms with Crippen molar-refractivity contribution in [3.8, 4) is 40.0 Å². The maximum Gasteiger partial charge on any atom is 0.491 e. The molecule has 4 rings (SSSR count). The number of pyridine rings is 1. The Morgan fingerprint density at radius 2 is 1.78 bits per heavy atom. The first-order valence-electron chi connectivity index (χ1n) is 10.9. The van der Waals surface area contributed by atoms with Crippen LogP contribution in [0, 0.1) is 0 Å². The Balaban J connectivity index is 1.62. The van der Waals surface area contributed by atoms with Gasteiger partial charge in [0, 0.05) is 47.4 Å². The molecule has 0 aliphatic carbocycles. The number of ether oxygens (including phenoxy) is 2. The number of piperidine rings is 1. The number of H-pyrrole nitrogens is 1. The molecule has 4 heterocycles. The number of aromatic amines is 1. The van der Waals surface area contributed by atoms with Crippen molar-refractivity contribution in [2.75, 3.05) is 0 Å². The fraction of sp³-hybridized carbons (Fsp3) is 0.455. The second kappa shape index (κ2) is 9.00. The second-order valence-corrected chi connectivity index (χ2v) is 9.74. The molecule has 0 bridgehead atoms. The van der Waals surface area contributed by atoms with E-state index in [0.29, 0.717) is 12.8 Å². The summed E-state index contributed by atoms with van der Waals surface area (Å²) in [5, 5.41) is 28.3. The van der Waals surface area contributed by atoms with Crippen LogP contribution in [0.15, 0.2) is 24.8 Å². The molecule has 1 saturated heterocycles. The molecule has 0 unspecified atom stereocenters. The van der Waals surface area contributed by atoms with Crippen LogP contribution in [0.3, 0.4) is 0 Å². The minimum Gasteiger partial charge on any atom is -0.503 e. The van der Waals surface area contributed by atoms with Crippen molar-refractivity contribution in [1.82, 2.24) is 35.7 Å². The van der Waals surface area contributed by atoms with Crippen LogP contribution in [-0.4, -0.2) is 64.8 Å². The molecule has 3 N–H and O–H groups in total. The van der Waals surface area contributed by atoms with E-state index in [4.69, 9.17) is 4.74 Å². The van der Waals surface area contributed by atoms with Gasteiger partial charge in [-0.05, 0) is 27.7 Å². The number of aromatic nitrogens is 6. The van der Waals surface area contributed by atoms with Crippen LogP contribution in [0.2, 0.25) is 0 Å². The van der Waals surface area contributed by atoms with Gasteiger partial charge in [0.2, 0.25) is 0 Å². The molecule has 192 valence electrons. The molecule has 3 aromatic rings. The molecule has 1 fully saturated rings. The molecule has 1 aliphatic rings. The standard InChI is InChI=1S/C22H24F3N7O4/c1-20(2)5-12(6-21(3,4)32-20)35-19-27-10-14(30-31-19)15-16(33)17(36-18(34)22(23,24)25)13(9-26-15)11-7-28-29-8-11/h7-10,12,32-33H,5-6H2,1-4H3,(H,28,29). The number of nitrogens with zero attached hydrogens (tertiary/aromatic N) is 5. The fourth-order valence-corrected chi connectivity index (χ4v) is 4.42. The van der Waals surface area contributed by atoms with Crippen LogP contribution < -0.4 is 14.8 Å². The van der Waals surface area contributed by atoms with Crippen LogP contribution in [0.1, 0.15) is 40.5 Å². The van der Waals surface area contributed by atoms with Gasteiger partial charge in [0.25, 0.3) is 0 Å². The Morgan fingerprint density at radius 1 is 1.08 bits per heavy atom. The minimum atomic E-state index is -5.29. The zero-order valence-electron chi connectivity index (χ0n) is 19.8. The van der Waals surface area contributed by atoms with E-state index in [2.05, 4.69) is 68.1 Å². The van der Waals surface area contributed by atoms with Gasteiger partial charge in [-0.2, -0.15) is 18.3 Å². The van der Waals surface area contributed by atoms with Gasteiger partial charge >= 0.3 is 18.2 Å². The van der Waals surface area contributed by atoms with E-state index in [0.717, 1.165) is 6.20 Å². The second-order valence-electron chi connectivity index (χ2n) is 9.74. The highest BCUT2D eigenvalue weighted by Crippen LogP contribution is 2.42. The number of halogens is 3. The third-order valence-corrected chi connectivity index (χ3v) is 5.45. The Bertz CT molecular complexity index is 1230. The molecule has 14 heteroatoms. The number of aromatic hydroxyl groups is 1. The smallest absolute Gasteiger partial charge is 0.491 e. The third kappa shape index (κ3) is 5.53.